The van der Waals surface area contributed by atoms with E-state index in [0.29, 0.717) is 23.3 Å². The fourth-order valence-electron chi connectivity index (χ4n) is 4.55. The van der Waals surface area contributed by atoms with Crippen LogP contribution in [0.25, 0.3) is 0 Å². The number of carbonyl (C=O) groups is 1. The number of ketones is 1. The minimum Gasteiger partial charge on any atom is -0.300 e. The van der Waals surface area contributed by atoms with Crippen LogP contribution in [-0.2, 0) is 4.79 Å². The van der Waals surface area contributed by atoms with E-state index in [1.165, 1.54) is 25.7 Å². The van der Waals surface area contributed by atoms with E-state index in [9.17, 15) is 4.79 Å². The predicted molar refractivity (Wildman–Crippen MR) is 75.7 cm³/mol. The van der Waals surface area contributed by atoms with Gasteiger partial charge in [0.15, 0.2) is 0 Å². The molecule has 0 N–H and O–H groups in total. The van der Waals surface area contributed by atoms with E-state index in [1.807, 2.05) is 0 Å². The first-order valence-electron chi connectivity index (χ1n) is 7.49. The standard InChI is InChI=1S/C16H29NO/c1-15(2,3)11-16(4,5)17-12-7-6-8-13(17)10-14(18)9-12/h12-13H,6-11H2,1-5H3. The van der Waals surface area contributed by atoms with Crippen molar-refractivity contribution in [1.29, 1.82) is 0 Å². The Morgan fingerprint density at radius 2 is 1.56 bits per heavy atom. The van der Waals surface area contributed by atoms with E-state index in [1.54, 1.807) is 0 Å². The normalized spacial score (nSPS) is 30.6. The number of fused-ring (bicyclic) bond motifs is 2. The molecule has 2 saturated heterocycles. The maximum atomic E-state index is 11.8. The van der Waals surface area contributed by atoms with Gasteiger partial charge in [0.25, 0.3) is 0 Å². The highest BCUT2D eigenvalue weighted by molar-refractivity contribution is 5.80. The fourth-order valence-corrected chi connectivity index (χ4v) is 4.55. The average molecular weight is 251 g/mol. The molecule has 0 aromatic carbocycles. The molecule has 2 aliphatic rings. The monoisotopic (exact) mass is 251 g/mol. The van der Waals surface area contributed by atoms with Crippen LogP contribution in [0, 0.1) is 5.41 Å². The summed E-state index contributed by atoms with van der Waals surface area (Å²) >= 11 is 0. The first-order chi connectivity index (χ1) is 8.19. The Balaban J connectivity index is 2.18. The van der Waals surface area contributed by atoms with Crippen LogP contribution in [0.15, 0.2) is 0 Å². The van der Waals surface area contributed by atoms with Crippen LogP contribution in [-0.4, -0.2) is 28.3 Å². The van der Waals surface area contributed by atoms with Gasteiger partial charge in [0.05, 0.1) is 0 Å². The van der Waals surface area contributed by atoms with Gasteiger partial charge < -0.3 is 0 Å². The largest absolute Gasteiger partial charge is 0.300 e. The summed E-state index contributed by atoms with van der Waals surface area (Å²) in [5.41, 5.74) is 0.563. The Hall–Kier alpha value is -0.370. The molecule has 104 valence electrons. The average Bonchev–Trinajstić information content (AvgIpc) is 2.11. The van der Waals surface area contributed by atoms with Crippen LogP contribution in [0.2, 0.25) is 0 Å². The lowest BCUT2D eigenvalue weighted by Crippen LogP contribution is -2.61. The quantitative estimate of drug-likeness (QED) is 0.744. The molecule has 0 radical (unpaired) electrons. The van der Waals surface area contributed by atoms with Gasteiger partial charge in [0.2, 0.25) is 0 Å². The van der Waals surface area contributed by atoms with Crippen molar-refractivity contribution in [2.75, 3.05) is 0 Å². The Kier molecular flexibility index (Phi) is 3.61. The van der Waals surface area contributed by atoms with Crippen molar-refractivity contribution in [2.45, 2.75) is 90.8 Å². The molecule has 2 unspecified atom stereocenters. The zero-order chi connectivity index (χ0) is 13.6. The molecule has 0 saturated carbocycles. The lowest BCUT2D eigenvalue weighted by atomic mass is 9.74. The number of nitrogens with zero attached hydrogens (tertiary/aromatic N) is 1. The van der Waals surface area contributed by atoms with Crippen molar-refractivity contribution in [3.05, 3.63) is 0 Å². The maximum absolute atomic E-state index is 11.8. The van der Waals surface area contributed by atoms with Gasteiger partial charge >= 0.3 is 0 Å². The van der Waals surface area contributed by atoms with Crippen molar-refractivity contribution in [1.82, 2.24) is 4.90 Å². The lowest BCUT2D eigenvalue weighted by Gasteiger charge is -2.55. The van der Waals surface area contributed by atoms with Crippen LogP contribution in [0.4, 0.5) is 0 Å². The van der Waals surface area contributed by atoms with Gasteiger partial charge in [-0.2, -0.15) is 0 Å². The molecule has 2 bridgehead atoms. The first kappa shape index (κ1) is 14.0. The predicted octanol–water partition coefficient (Wildman–Crippen LogP) is 3.79. The van der Waals surface area contributed by atoms with Crippen LogP contribution in [0.5, 0.6) is 0 Å². The smallest absolute Gasteiger partial charge is 0.136 e. The zero-order valence-electron chi connectivity index (χ0n) is 12.8. The Morgan fingerprint density at radius 3 is 2.00 bits per heavy atom. The zero-order valence-corrected chi connectivity index (χ0v) is 12.8. The third kappa shape index (κ3) is 2.96. The molecule has 0 aliphatic carbocycles. The summed E-state index contributed by atoms with van der Waals surface area (Å²) < 4.78 is 0. The molecule has 2 heteroatoms. The molecule has 0 amide bonds. The van der Waals surface area contributed by atoms with Gasteiger partial charge in [0, 0.05) is 30.5 Å². The van der Waals surface area contributed by atoms with E-state index in [-0.39, 0.29) is 5.54 Å². The Bertz CT molecular complexity index is 310. The van der Waals surface area contributed by atoms with E-state index < -0.39 is 0 Å². The van der Waals surface area contributed by atoms with E-state index in [4.69, 9.17) is 0 Å². The summed E-state index contributed by atoms with van der Waals surface area (Å²) in [7, 11) is 0. The maximum Gasteiger partial charge on any atom is 0.136 e. The molecule has 0 aromatic heterocycles. The van der Waals surface area contributed by atoms with E-state index >= 15 is 0 Å². The van der Waals surface area contributed by atoms with Crippen molar-refractivity contribution < 1.29 is 4.79 Å². The van der Waals surface area contributed by atoms with Gasteiger partial charge in [-0.15, -0.1) is 0 Å². The number of Topliss-reactive ketones (excluding diaryl/α,β-unsaturated/α-hetero) is 1. The SMILES string of the molecule is CC(C)(C)CC(C)(C)N1C2CCCC1CC(=O)C2. The minimum absolute atomic E-state index is 0.217. The third-order valence-electron chi connectivity index (χ3n) is 4.45. The molecule has 2 fully saturated rings. The first-order valence-corrected chi connectivity index (χ1v) is 7.49. The summed E-state index contributed by atoms with van der Waals surface area (Å²) in [6.07, 6.45) is 6.53. The molecular formula is C16H29NO. The summed E-state index contributed by atoms with van der Waals surface area (Å²) in [6.45, 7) is 11.7. The highest BCUT2D eigenvalue weighted by Crippen LogP contribution is 2.41. The summed E-state index contributed by atoms with van der Waals surface area (Å²) in [5.74, 6) is 0.493. The molecule has 2 atom stereocenters. The molecule has 2 rings (SSSR count). The van der Waals surface area contributed by atoms with Crippen molar-refractivity contribution in [2.24, 2.45) is 5.41 Å². The Labute approximate surface area is 112 Å². The molecule has 0 aromatic rings. The van der Waals surface area contributed by atoms with Gasteiger partial charge in [-0.05, 0) is 38.5 Å². The minimum atomic E-state index is 0.217. The summed E-state index contributed by atoms with van der Waals surface area (Å²) in [4.78, 5) is 14.5. The second-order valence-electron chi connectivity index (χ2n) is 8.14. The van der Waals surface area contributed by atoms with Crippen LogP contribution < -0.4 is 0 Å². The van der Waals surface area contributed by atoms with Crippen molar-refractivity contribution >= 4 is 5.78 Å². The van der Waals surface area contributed by atoms with E-state index in [2.05, 4.69) is 39.5 Å². The molecule has 2 heterocycles. The highest BCUT2D eigenvalue weighted by Gasteiger charge is 2.45. The van der Waals surface area contributed by atoms with Gasteiger partial charge in [-0.25, -0.2) is 0 Å². The third-order valence-corrected chi connectivity index (χ3v) is 4.45. The topological polar surface area (TPSA) is 20.3 Å². The molecular weight excluding hydrogens is 222 g/mol. The van der Waals surface area contributed by atoms with Crippen LogP contribution >= 0.6 is 0 Å². The highest BCUT2D eigenvalue weighted by atomic mass is 16.1. The van der Waals surface area contributed by atoms with Crippen LogP contribution in [0.1, 0.15) is 73.1 Å². The number of rotatable bonds is 2. The molecule has 2 aliphatic heterocycles. The fraction of sp³-hybridized carbons (Fsp3) is 0.938. The van der Waals surface area contributed by atoms with Crippen LogP contribution in [0.3, 0.4) is 0 Å². The summed E-state index contributed by atoms with van der Waals surface area (Å²) in [6, 6.07) is 1.03. The van der Waals surface area contributed by atoms with E-state index in [0.717, 1.165) is 12.8 Å². The van der Waals surface area contributed by atoms with Crippen molar-refractivity contribution in [3.8, 4) is 0 Å². The Morgan fingerprint density at radius 1 is 1.06 bits per heavy atom. The van der Waals surface area contributed by atoms with Gasteiger partial charge in [-0.1, -0.05) is 27.2 Å². The second kappa shape index (κ2) is 4.63. The molecule has 2 nitrogen and oxygen atoms in total. The number of hydrogen-bond donors (Lipinski definition) is 0. The number of hydrogen-bond acceptors (Lipinski definition) is 2. The number of piperidine rings is 2. The molecule has 0 spiro atoms. The van der Waals surface area contributed by atoms with Gasteiger partial charge in [-0.3, -0.25) is 9.69 Å². The second-order valence-corrected chi connectivity index (χ2v) is 8.14. The number of carbonyl (C=O) groups excluding carboxylic acids is 1. The molecule has 18 heavy (non-hydrogen) atoms. The summed E-state index contributed by atoms with van der Waals surface area (Å²) in [5, 5.41) is 0. The van der Waals surface area contributed by atoms with Crippen molar-refractivity contribution in [3.63, 3.8) is 0 Å². The lowest BCUT2D eigenvalue weighted by molar-refractivity contribution is -0.132. The van der Waals surface area contributed by atoms with Gasteiger partial charge in [0.1, 0.15) is 5.78 Å².